The number of carbonyl (C=O) groups excluding carboxylic acids is 1. The van der Waals surface area contributed by atoms with Crippen LogP contribution in [0.4, 0.5) is 5.82 Å². The second-order valence-corrected chi connectivity index (χ2v) is 9.77. The number of hydrogen-bond donors (Lipinski definition) is 1. The third kappa shape index (κ3) is 4.51. The molecule has 0 unspecified atom stereocenters. The number of aryl methyl sites for hydroxylation is 3. The van der Waals surface area contributed by atoms with Crippen molar-refractivity contribution in [1.29, 1.82) is 0 Å². The zero-order valence-electron chi connectivity index (χ0n) is 20.5. The summed E-state index contributed by atoms with van der Waals surface area (Å²) < 4.78 is 1.99. The molecule has 5 rings (SSSR count). The molecule has 0 bridgehead atoms. The maximum atomic E-state index is 12.7. The zero-order chi connectivity index (χ0) is 23.7. The molecule has 1 amide bonds. The van der Waals surface area contributed by atoms with Crippen molar-refractivity contribution in [2.75, 3.05) is 44.2 Å². The summed E-state index contributed by atoms with van der Waals surface area (Å²) in [6, 6.07) is 8.40. The van der Waals surface area contributed by atoms with Crippen LogP contribution in [0, 0.1) is 26.7 Å². The molecule has 180 valence electrons. The molecule has 34 heavy (non-hydrogen) atoms. The van der Waals surface area contributed by atoms with E-state index in [1.54, 1.807) is 0 Å². The highest BCUT2D eigenvalue weighted by atomic mass is 16.1. The number of amides is 1. The number of piperidine rings is 1. The van der Waals surface area contributed by atoms with Gasteiger partial charge in [0.05, 0.1) is 22.5 Å². The molecule has 1 aromatic carbocycles. The summed E-state index contributed by atoms with van der Waals surface area (Å²) in [5.74, 6) is 1.09. The van der Waals surface area contributed by atoms with E-state index in [2.05, 4.69) is 63.4 Å². The van der Waals surface area contributed by atoms with Crippen molar-refractivity contribution in [2.45, 2.75) is 46.5 Å². The molecule has 1 N–H and O–H groups in total. The lowest BCUT2D eigenvalue weighted by Gasteiger charge is -2.32. The van der Waals surface area contributed by atoms with E-state index >= 15 is 0 Å². The normalized spacial score (nSPS) is 17.2. The van der Waals surface area contributed by atoms with Crippen LogP contribution in [0.25, 0.3) is 16.6 Å². The van der Waals surface area contributed by atoms with Gasteiger partial charge in [0.25, 0.3) is 0 Å². The lowest BCUT2D eigenvalue weighted by atomic mass is 9.95. The Morgan fingerprint density at radius 3 is 2.44 bits per heavy atom. The number of likely N-dealkylation sites (tertiary alicyclic amines) is 1. The van der Waals surface area contributed by atoms with Crippen molar-refractivity contribution in [3.8, 4) is 5.69 Å². The summed E-state index contributed by atoms with van der Waals surface area (Å²) in [5.41, 5.74) is 5.11. The minimum absolute atomic E-state index is 0.0704. The summed E-state index contributed by atoms with van der Waals surface area (Å²) in [6.07, 6.45) is 4.00. The predicted molar refractivity (Wildman–Crippen MR) is 134 cm³/mol. The SMILES string of the molecule is Cc1ccc(-n2nc3c(N4CCC(C(=O)NCCCN5CCC5)CC4)nnc(C)c3c2C)cc1. The Morgan fingerprint density at radius 1 is 1.03 bits per heavy atom. The van der Waals surface area contributed by atoms with Gasteiger partial charge in [0, 0.05) is 25.6 Å². The Morgan fingerprint density at radius 2 is 1.76 bits per heavy atom. The van der Waals surface area contributed by atoms with Crippen molar-refractivity contribution < 1.29 is 4.79 Å². The molecule has 2 aromatic heterocycles. The summed E-state index contributed by atoms with van der Waals surface area (Å²) in [7, 11) is 0. The number of fused-ring (bicyclic) bond motifs is 1. The Bertz CT molecular complexity index is 1160. The van der Waals surface area contributed by atoms with Gasteiger partial charge in [0.2, 0.25) is 5.91 Å². The molecule has 0 atom stereocenters. The highest BCUT2D eigenvalue weighted by Crippen LogP contribution is 2.31. The van der Waals surface area contributed by atoms with Gasteiger partial charge in [-0.15, -0.1) is 5.10 Å². The van der Waals surface area contributed by atoms with Crippen LogP contribution in [0.2, 0.25) is 0 Å². The van der Waals surface area contributed by atoms with Crippen LogP contribution >= 0.6 is 0 Å². The third-order valence-electron chi connectivity index (χ3n) is 7.33. The predicted octanol–water partition coefficient (Wildman–Crippen LogP) is 3.17. The summed E-state index contributed by atoms with van der Waals surface area (Å²) in [5, 5.41) is 18.2. The van der Waals surface area contributed by atoms with Crippen LogP contribution in [0.1, 0.15) is 42.6 Å². The Kier molecular flexibility index (Phi) is 6.50. The standard InChI is InChI=1S/C26H35N7O/c1-18-6-8-22(9-7-18)33-20(3)23-19(2)28-29-25(24(23)30-33)32-16-10-21(11-17-32)26(34)27-12-4-13-31-14-5-15-31/h6-9,21H,4-5,10-17H2,1-3H3,(H,27,34). The number of benzene rings is 1. The van der Waals surface area contributed by atoms with Gasteiger partial charge in [-0.2, -0.15) is 10.2 Å². The largest absolute Gasteiger partial charge is 0.356 e. The van der Waals surface area contributed by atoms with Gasteiger partial charge in [-0.05, 0) is 78.2 Å². The summed E-state index contributed by atoms with van der Waals surface area (Å²) in [6.45, 7) is 12.0. The van der Waals surface area contributed by atoms with E-state index in [0.29, 0.717) is 0 Å². The minimum atomic E-state index is 0.0704. The first-order valence-corrected chi connectivity index (χ1v) is 12.6. The van der Waals surface area contributed by atoms with Crippen molar-refractivity contribution >= 4 is 22.6 Å². The number of nitrogens with zero attached hydrogens (tertiary/aromatic N) is 6. The topological polar surface area (TPSA) is 79.2 Å². The minimum Gasteiger partial charge on any atom is -0.356 e. The molecule has 8 nitrogen and oxygen atoms in total. The van der Waals surface area contributed by atoms with Gasteiger partial charge in [-0.25, -0.2) is 4.68 Å². The van der Waals surface area contributed by atoms with Crippen molar-refractivity contribution in [1.82, 2.24) is 30.2 Å². The van der Waals surface area contributed by atoms with Crippen molar-refractivity contribution in [3.05, 3.63) is 41.2 Å². The summed E-state index contributed by atoms with van der Waals surface area (Å²) >= 11 is 0. The van der Waals surface area contributed by atoms with Crippen molar-refractivity contribution in [3.63, 3.8) is 0 Å². The van der Waals surface area contributed by atoms with E-state index in [-0.39, 0.29) is 11.8 Å². The number of carbonyl (C=O) groups is 1. The van der Waals surface area contributed by atoms with Gasteiger partial charge in [0.1, 0.15) is 5.52 Å². The van der Waals surface area contributed by atoms with Gasteiger partial charge >= 0.3 is 0 Å². The molecule has 2 aliphatic rings. The monoisotopic (exact) mass is 461 g/mol. The molecule has 2 fully saturated rings. The maximum Gasteiger partial charge on any atom is 0.223 e. The van der Waals surface area contributed by atoms with Gasteiger partial charge in [-0.1, -0.05) is 17.7 Å². The molecule has 8 heteroatoms. The highest BCUT2D eigenvalue weighted by molar-refractivity contribution is 5.92. The molecule has 2 aliphatic heterocycles. The first-order valence-electron chi connectivity index (χ1n) is 12.6. The highest BCUT2D eigenvalue weighted by Gasteiger charge is 2.28. The average molecular weight is 462 g/mol. The molecule has 2 saturated heterocycles. The first-order chi connectivity index (χ1) is 16.5. The molecular formula is C26H35N7O. The third-order valence-corrected chi connectivity index (χ3v) is 7.33. The molecule has 0 radical (unpaired) electrons. The lowest BCUT2D eigenvalue weighted by Crippen LogP contribution is -2.42. The second-order valence-electron chi connectivity index (χ2n) is 9.77. The Hall–Kier alpha value is -3.00. The molecule has 0 aliphatic carbocycles. The van der Waals surface area contributed by atoms with Gasteiger partial charge in [0.15, 0.2) is 5.82 Å². The van der Waals surface area contributed by atoms with Crippen LogP contribution in [0.3, 0.4) is 0 Å². The van der Waals surface area contributed by atoms with Crippen LogP contribution in [-0.2, 0) is 4.79 Å². The number of aromatic nitrogens is 4. The van der Waals surface area contributed by atoms with Crippen LogP contribution in [0.5, 0.6) is 0 Å². The maximum absolute atomic E-state index is 12.7. The zero-order valence-corrected chi connectivity index (χ0v) is 20.5. The van der Waals surface area contributed by atoms with Crippen LogP contribution < -0.4 is 10.2 Å². The molecular weight excluding hydrogens is 426 g/mol. The van der Waals surface area contributed by atoms with E-state index in [4.69, 9.17) is 5.10 Å². The first kappa shape index (κ1) is 22.8. The second kappa shape index (κ2) is 9.70. The number of nitrogens with one attached hydrogen (secondary N) is 1. The van der Waals surface area contributed by atoms with E-state index in [1.165, 1.54) is 25.1 Å². The smallest absolute Gasteiger partial charge is 0.223 e. The van der Waals surface area contributed by atoms with E-state index < -0.39 is 0 Å². The number of hydrogen-bond acceptors (Lipinski definition) is 6. The van der Waals surface area contributed by atoms with Gasteiger partial charge < -0.3 is 15.1 Å². The van der Waals surface area contributed by atoms with Gasteiger partial charge in [-0.3, -0.25) is 4.79 Å². The lowest BCUT2D eigenvalue weighted by molar-refractivity contribution is -0.125. The molecule has 3 aromatic rings. The average Bonchev–Trinajstić information content (AvgIpc) is 3.16. The van der Waals surface area contributed by atoms with E-state index in [1.807, 2.05) is 11.6 Å². The number of rotatable bonds is 7. The quantitative estimate of drug-likeness (QED) is 0.545. The molecule has 0 saturated carbocycles. The molecule has 0 spiro atoms. The Labute approximate surface area is 201 Å². The van der Waals surface area contributed by atoms with E-state index in [9.17, 15) is 4.79 Å². The molecule has 4 heterocycles. The fourth-order valence-electron chi connectivity index (χ4n) is 5.08. The summed E-state index contributed by atoms with van der Waals surface area (Å²) in [4.78, 5) is 17.4. The van der Waals surface area contributed by atoms with Crippen LogP contribution in [0.15, 0.2) is 24.3 Å². The van der Waals surface area contributed by atoms with Crippen LogP contribution in [-0.4, -0.2) is 70.1 Å². The fraction of sp³-hybridized carbons (Fsp3) is 0.538. The number of anilines is 1. The van der Waals surface area contributed by atoms with Crippen molar-refractivity contribution in [2.24, 2.45) is 5.92 Å². The van der Waals surface area contributed by atoms with E-state index in [0.717, 1.165) is 79.2 Å². The fourth-order valence-corrected chi connectivity index (χ4v) is 5.08. The Balaban J connectivity index is 1.26.